The van der Waals surface area contributed by atoms with Gasteiger partial charge in [0.05, 0.1) is 29.9 Å². The monoisotopic (exact) mass is 476 g/mol. The van der Waals surface area contributed by atoms with Crippen LogP contribution in [0.25, 0.3) is 28.1 Å². The summed E-state index contributed by atoms with van der Waals surface area (Å²) in [4.78, 5) is 15.5. The number of aromatic nitrogens is 6. The maximum absolute atomic E-state index is 13.7. The number of hydrogen-bond donors (Lipinski definition) is 1. The molecule has 0 amide bonds. The Kier molecular flexibility index (Phi) is 5.19. The van der Waals surface area contributed by atoms with Crippen molar-refractivity contribution in [3.05, 3.63) is 54.9 Å². The lowest BCUT2D eigenvalue weighted by molar-refractivity contribution is -0.145. The lowest BCUT2D eigenvalue weighted by atomic mass is 10.0. The predicted molar refractivity (Wildman–Crippen MR) is 114 cm³/mol. The first-order valence-electron chi connectivity index (χ1n) is 10.3. The van der Waals surface area contributed by atoms with E-state index in [0.29, 0.717) is 17.0 Å². The van der Waals surface area contributed by atoms with Crippen molar-refractivity contribution in [2.24, 2.45) is 5.92 Å². The fourth-order valence-electron chi connectivity index (χ4n) is 3.75. The van der Waals surface area contributed by atoms with E-state index in [0.717, 1.165) is 30.2 Å². The van der Waals surface area contributed by atoms with E-state index >= 15 is 0 Å². The number of sulfone groups is 1. The molecule has 4 heterocycles. The Morgan fingerprint density at radius 3 is 2.64 bits per heavy atom. The van der Waals surface area contributed by atoms with Gasteiger partial charge in [0.25, 0.3) is 0 Å². The largest absolute Gasteiger partial charge is 0.396 e. The molecule has 0 bridgehead atoms. The Labute approximate surface area is 186 Å². The molecule has 0 aliphatic heterocycles. The molecule has 172 valence electrons. The van der Waals surface area contributed by atoms with Gasteiger partial charge in [0.15, 0.2) is 21.3 Å². The van der Waals surface area contributed by atoms with Crippen LogP contribution in [0.5, 0.6) is 0 Å². The highest BCUT2D eigenvalue weighted by molar-refractivity contribution is 7.91. The summed E-state index contributed by atoms with van der Waals surface area (Å²) in [6.45, 7) is 0. The Balaban J connectivity index is 1.40. The number of fused-ring (bicyclic) bond motifs is 1. The van der Waals surface area contributed by atoms with Gasteiger partial charge in [-0.1, -0.05) is 6.07 Å². The minimum atomic E-state index is -4.70. The van der Waals surface area contributed by atoms with Crippen LogP contribution >= 0.6 is 0 Å². The lowest BCUT2D eigenvalue weighted by Gasteiger charge is -2.20. The van der Waals surface area contributed by atoms with E-state index in [2.05, 4.69) is 25.0 Å². The summed E-state index contributed by atoms with van der Waals surface area (Å²) in [5.74, 6) is -3.00. The van der Waals surface area contributed by atoms with E-state index in [1.807, 2.05) is 0 Å². The number of pyridine rings is 2. The van der Waals surface area contributed by atoms with Gasteiger partial charge in [0.1, 0.15) is 5.52 Å². The lowest BCUT2D eigenvalue weighted by Crippen LogP contribution is -2.29. The van der Waals surface area contributed by atoms with Crippen molar-refractivity contribution in [2.75, 3.05) is 11.5 Å². The highest BCUT2D eigenvalue weighted by Crippen LogP contribution is 2.38. The Morgan fingerprint density at radius 2 is 1.94 bits per heavy atom. The quantitative estimate of drug-likeness (QED) is 0.436. The molecule has 1 N–H and O–H groups in total. The van der Waals surface area contributed by atoms with Gasteiger partial charge in [-0.2, -0.15) is 18.3 Å². The van der Waals surface area contributed by atoms with E-state index < -0.39 is 27.7 Å². The van der Waals surface area contributed by atoms with Crippen LogP contribution < -0.4 is 0 Å². The first-order valence-corrected chi connectivity index (χ1v) is 12.1. The average Bonchev–Trinajstić information content (AvgIpc) is 3.24. The van der Waals surface area contributed by atoms with Gasteiger partial charge < -0.3 is 4.98 Å². The number of nitrogens with zero attached hydrogens (tertiary/aromatic N) is 5. The van der Waals surface area contributed by atoms with Gasteiger partial charge in [-0.3, -0.25) is 0 Å². The van der Waals surface area contributed by atoms with Crippen LogP contribution in [0, 0.1) is 5.92 Å². The summed E-state index contributed by atoms with van der Waals surface area (Å²) < 4.78 is 67.0. The molecule has 1 fully saturated rings. The third kappa shape index (κ3) is 4.61. The number of H-pyrrole nitrogens is 1. The number of halogens is 3. The first kappa shape index (κ1) is 21.6. The molecule has 4 aromatic rings. The van der Waals surface area contributed by atoms with Crippen molar-refractivity contribution in [3.63, 3.8) is 0 Å². The average molecular weight is 476 g/mol. The Morgan fingerprint density at radius 1 is 1.12 bits per heavy atom. The van der Waals surface area contributed by atoms with Gasteiger partial charge in [0, 0.05) is 29.7 Å². The van der Waals surface area contributed by atoms with Crippen LogP contribution in [-0.2, 0) is 9.84 Å². The summed E-state index contributed by atoms with van der Waals surface area (Å²) in [5.41, 5.74) is 2.63. The smallest absolute Gasteiger partial charge is 0.329 e. The molecule has 0 radical (unpaired) electrons. The van der Waals surface area contributed by atoms with E-state index in [-0.39, 0.29) is 17.2 Å². The summed E-state index contributed by atoms with van der Waals surface area (Å²) >= 11 is 0. The second-order valence-electron chi connectivity index (χ2n) is 8.20. The predicted octanol–water partition coefficient (Wildman–Crippen LogP) is 3.68. The molecule has 12 heteroatoms. The van der Waals surface area contributed by atoms with Crippen LogP contribution in [0.4, 0.5) is 13.2 Å². The van der Waals surface area contributed by atoms with Gasteiger partial charge in [-0.15, -0.1) is 0 Å². The van der Waals surface area contributed by atoms with Gasteiger partial charge in [0.2, 0.25) is 0 Å². The molecule has 1 aliphatic carbocycles. The molecule has 1 saturated carbocycles. The fourth-order valence-corrected chi connectivity index (χ4v) is 5.83. The van der Waals surface area contributed by atoms with E-state index in [4.69, 9.17) is 0 Å². The highest BCUT2D eigenvalue weighted by Gasteiger charge is 2.44. The molecule has 1 aliphatic rings. The number of rotatable bonds is 7. The molecular formula is C21H19F3N6O2S. The molecule has 4 aromatic heterocycles. The van der Waals surface area contributed by atoms with E-state index in [9.17, 15) is 21.6 Å². The topological polar surface area (TPSA) is 106 Å². The minimum absolute atomic E-state index is 0.0125. The summed E-state index contributed by atoms with van der Waals surface area (Å²) in [6.07, 6.45) is 4.33. The van der Waals surface area contributed by atoms with Crippen LogP contribution in [0.3, 0.4) is 0 Å². The van der Waals surface area contributed by atoms with Gasteiger partial charge in [-0.05, 0) is 36.5 Å². The molecule has 8 nitrogen and oxygen atoms in total. The van der Waals surface area contributed by atoms with Crippen molar-refractivity contribution in [1.82, 2.24) is 29.7 Å². The second kappa shape index (κ2) is 7.94. The molecular weight excluding hydrogens is 457 g/mol. The zero-order valence-electron chi connectivity index (χ0n) is 17.2. The zero-order valence-corrected chi connectivity index (χ0v) is 18.0. The number of hydrogen-bond acceptors (Lipinski definition) is 6. The molecule has 1 atom stereocenters. The van der Waals surface area contributed by atoms with Crippen LogP contribution in [0.1, 0.15) is 24.3 Å². The molecule has 33 heavy (non-hydrogen) atoms. The van der Waals surface area contributed by atoms with Crippen molar-refractivity contribution in [3.8, 4) is 16.9 Å². The molecule has 0 spiro atoms. The number of aromatic amines is 1. The van der Waals surface area contributed by atoms with Crippen LogP contribution in [-0.4, -0.2) is 55.8 Å². The normalized spacial score (nSPS) is 15.7. The summed E-state index contributed by atoms with van der Waals surface area (Å²) in [5, 5.41) is 4.25. The fraction of sp³-hybridized carbons (Fsp3) is 0.333. The van der Waals surface area contributed by atoms with E-state index in [1.165, 1.54) is 23.1 Å². The van der Waals surface area contributed by atoms with Gasteiger partial charge >= 0.3 is 6.18 Å². The van der Waals surface area contributed by atoms with Crippen LogP contribution in [0.15, 0.2) is 49.3 Å². The van der Waals surface area contributed by atoms with Crippen molar-refractivity contribution in [1.29, 1.82) is 0 Å². The van der Waals surface area contributed by atoms with Crippen molar-refractivity contribution < 1.29 is 21.6 Å². The van der Waals surface area contributed by atoms with Gasteiger partial charge in [-0.25, -0.2) is 28.1 Å². The Hall–Kier alpha value is -3.28. The van der Waals surface area contributed by atoms with E-state index in [1.54, 1.807) is 24.7 Å². The minimum Gasteiger partial charge on any atom is -0.329 e. The second-order valence-corrected chi connectivity index (χ2v) is 10.3. The maximum Gasteiger partial charge on any atom is 0.396 e. The summed E-state index contributed by atoms with van der Waals surface area (Å²) in [7, 11) is -3.83. The molecule has 0 saturated heterocycles. The number of nitrogens with one attached hydrogen (secondary N) is 1. The Bertz CT molecular complexity index is 1390. The molecule has 1 unspecified atom stereocenters. The maximum atomic E-state index is 13.7. The first-order chi connectivity index (χ1) is 15.7. The number of imidazole rings is 1. The summed E-state index contributed by atoms with van der Waals surface area (Å²) in [6, 6.07) is 4.44. The van der Waals surface area contributed by atoms with Crippen molar-refractivity contribution >= 4 is 21.0 Å². The third-order valence-electron chi connectivity index (χ3n) is 5.62. The number of alkyl halides is 3. The highest BCUT2D eigenvalue weighted by atomic mass is 32.2. The van der Waals surface area contributed by atoms with Crippen LogP contribution in [0.2, 0.25) is 0 Å². The molecule has 5 rings (SSSR count). The SMILES string of the molecule is O=S(=O)(CC1CC1)CC(c1ccc(-n2cc(-c3ccnc4[nH]cnc34)cn2)nc1)C(F)(F)F. The van der Waals surface area contributed by atoms with Crippen molar-refractivity contribution in [2.45, 2.75) is 24.9 Å². The zero-order chi connectivity index (χ0) is 23.2. The third-order valence-corrected chi connectivity index (χ3v) is 7.44. The molecule has 0 aromatic carbocycles. The standard InChI is InChI=1S/C21H19F3N6O2S/c22-21(23,24)17(11-33(31,32)10-13-1-2-13)14-3-4-18(26-7-14)30-9-15(8-29-30)16-5-6-25-20-19(16)27-12-28-20/h3-9,12-13,17H,1-2,10-11H2,(H,25,27,28).